The average Bonchev–Trinajstić information content (AvgIpc) is 2.31. The first kappa shape index (κ1) is 14.4. The number of benzene rings is 1. The third-order valence-corrected chi connectivity index (χ3v) is 2.64. The van der Waals surface area contributed by atoms with Gasteiger partial charge in [-0.05, 0) is 25.0 Å². The maximum Gasteiger partial charge on any atom is 0.323 e. The number of nitrogens with zero attached hydrogens (tertiary/aromatic N) is 1. The molecule has 0 saturated carbocycles. The van der Waals surface area contributed by atoms with Crippen LogP contribution in [0.2, 0.25) is 5.02 Å². The molecule has 1 aromatic rings. The van der Waals surface area contributed by atoms with Crippen LogP contribution < -0.4 is 5.73 Å². The fourth-order valence-electron chi connectivity index (χ4n) is 1.40. The molecule has 98 valence electrons. The van der Waals surface area contributed by atoms with Crippen LogP contribution in [0.15, 0.2) is 18.2 Å². The van der Waals surface area contributed by atoms with Crippen molar-refractivity contribution in [1.29, 1.82) is 0 Å². The molecule has 0 radical (unpaired) electrons. The van der Waals surface area contributed by atoms with Crippen molar-refractivity contribution in [1.82, 2.24) is 0 Å². The molecular formula is C11H13ClN2O4. The summed E-state index contributed by atoms with van der Waals surface area (Å²) in [6.07, 6.45) is 0.0966. The van der Waals surface area contributed by atoms with E-state index >= 15 is 0 Å². The molecule has 1 unspecified atom stereocenters. The van der Waals surface area contributed by atoms with Crippen molar-refractivity contribution in [2.75, 3.05) is 6.61 Å². The fourth-order valence-corrected chi connectivity index (χ4v) is 1.60. The predicted molar refractivity (Wildman–Crippen MR) is 66.4 cm³/mol. The van der Waals surface area contributed by atoms with Gasteiger partial charge in [0.25, 0.3) is 5.69 Å². The van der Waals surface area contributed by atoms with E-state index in [0.717, 1.165) is 0 Å². The third-order valence-electron chi connectivity index (χ3n) is 2.27. The van der Waals surface area contributed by atoms with Crippen LogP contribution >= 0.6 is 11.6 Å². The van der Waals surface area contributed by atoms with Gasteiger partial charge in [0.15, 0.2) is 0 Å². The second kappa shape index (κ2) is 6.32. The number of rotatable bonds is 5. The SMILES string of the molecule is CCOC(=O)C(N)Cc1cc([N+](=O)[O-])ccc1Cl. The minimum Gasteiger partial charge on any atom is -0.465 e. The minimum absolute atomic E-state index is 0.0922. The number of nitro groups is 1. The van der Waals surface area contributed by atoms with Gasteiger partial charge >= 0.3 is 5.97 Å². The number of non-ortho nitro benzene ring substituents is 1. The van der Waals surface area contributed by atoms with E-state index in [1.54, 1.807) is 6.92 Å². The van der Waals surface area contributed by atoms with Crippen molar-refractivity contribution >= 4 is 23.3 Å². The molecule has 0 aliphatic carbocycles. The molecule has 0 saturated heterocycles. The van der Waals surface area contributed by atoms with E-state index in [9.17, 15) is 14.9 Å². The highest BCUT2D eigenvalue weighted by atomic mass is 35.5. The fraction of sp³-hybridized carbons (Fsp3) is 0.364. The van der Waals surface area contributed by atoms with E-state index in [2.05, 4.69) is 0 Å². The summed E-state index contributed by atoms with van der Waals surface area (Å²) < 4.78 is 4.75. The van der Waals surface area contributed by atoms with Gasteiger partial charge in [0.05, 0.1) is 11.5 Å². The van der Waals surface area contributed by atoms with Crippen LogP contribution in [-0.4, -0.2) is 23.5 Å². The molecule has 0 aromatic heterocycles. The van der Waals surface area contributed by atoms with Crippen molar-refractivity contribution in [2.45, 2.75) is 19.4 Å². The summed E-state index contributed by atoms with van der Waals surface area (Å²) in [5.41, 5.74) is 5.99. The van der Waals surface area contributed by atoms with Crippen molar-refractivity contribution in [3.8, 4) is 0 Å². The highest BCUT2D eigenvalue weighted by Gasteiger charge is 2.18. The number of esters is 1. The molecule has 0 amide bonds. The molecule has 0 fully saturated rings. The lowest BCUT2D eigenvalue weighted by atomic mass is 10.1. The van der Waals surface area contributed by atoms with Crippen LogP contribution in [0.1, 0.15) is 12.5 Å². The van der Waals surface area contributed by atoms with Gasteiger partial charge in [0.1, 0.15) is 6.04 Å². The molecule has 6 nitrogen and oxygen atoms in total. The Labute approximate surface area is 109 Å². The lowest BCUT2D eigenvalue weighted by Gasteiger charge is -2.11. The largest absolute Gasteiger partial charge is 0.465 e. The summed E-state index contributed by atoms with van der Waals surface area (Å²) in [4.78, 5) is 21.4. The number of hydrogen-bond acceptors (Lipinski definition) is 5. The number of carbonyl (C=O) groups excluding carboxylic acids is 1. The number of nitro benzene ring substituents is 1. The standard InChI is InChI=1S/C11H13ClN2O4/c1-2-18-11(15)10(13)6-7-5-8(14(16)17)3-4-9(7)12/h3-5,10H,2,6,13H2,1H3. The predicted octanol–water partition coefficient (Wildman–Crippen LogP) is 1.68. The molecule has 0 spiro atoms. The molecule has 0 bridgehead atoms. The molecule has 2 N–H and O–H groups in total. The Morgan fingerprint density at radius 3 is 2.83 bits per heavy atom. The lowest BCUT2D eigenvalue weighted by molar-refractivity contribution is -0.384. The van der Waals surface area contributed by atoms with Crippen LogP contribution in [0.4, 0.5) is 5.69 Å². The number of hydrogen-bond donors (Lipinski definition) is 1. The van der Waals surface area contributed by atoms with Gasteiger partial charge in [-0.2, -0.15) is 0 Å². The summed E-state index contributed by atoms with van der Waals surface area (Å²) in [5, 5.41) is 11.0. The van der Waals surface area contributed by atoms with E-state index in [4.69, 9.17) is 22.1 Å². The minimum atomic E-state index is -0.885. The zero-order chi connectivity index (χ0) is 13.7. The number of nitrogens with two attached hydrogens (primary N) is 1. The molecule has 0 heterocycles. The summed E-state index contributed by atoms with van der Waals surface area (Å²) in [6.45, 7) is 1.90. The average molecular weight is 273 g/mol. The maximum absolute atomic E-state index is 11.4. The van der Waals surface area contributed by atoms with Gasteiger partial charge in [-0.15, -0.1) is 0 Å². The molecule has 7 heteroatoms. The van der Waals surface area contributed by atoms with Gasteiger partial charge in [0, 0.05) is 17.2 Å². The second-order valence-electron chi connectivity index (χ2n) is 3.60. The van der Waals surface area contributed by atoms with E-state index in [1.165, 1.54) is 18.2 Å². The zero-order valence-electron chi connectivity index (χ0n) is 9.76. The van der Waals surface area contributed by atoms with Gasteiger partial charge < -0.3 is 10.5 Å². The number of carbonyl (C=O) groups is 1. The van der Waals surface area contributed by atoms with Crippen LogP contribution in [0, 0.1) is 10.1 Å². The van der Waals surface area contributed by atoms with E-state index in [1.807, 2.05) is 0 Å². The van der Waals surface area contributed by atoms with Gasteiger partial charge in [0.2, 0.25) is 0 Å². The van der Waals surface area contributed by atoms with Crippen molar-refractivity contribution < 1.29 is 14.5 Å². The quantitative estimate of drug-likeness (QED) is 0.500. The van der Waals surface area contributed by atoms with Crippen molar-refractivity contribution in [3.05, 3.63) is 38.9 Å². The highest BCUT2D eigenvalue weighted by molar-refractivity contribution is 6.31. The molecule has 18 heavy (non-hydrogen) atoms. The number of ether oxygens (including phenoxy) is 1. The molecule has 1 rings (SSSR count). The van der Waals surface area contributed by atoms with E-state index < -0.39 is 16.9 Å². The molecule has 1 aromatic carbocycles. The van der Waals surface area contributed by atoms with Gasteiger partial charge in [-0.1, -0.05) is 11.6 Å². The van der Waals surface area contributed by atoms with E-state index in [0.29, 0.717) is 10.6 Å². The Morgan fingerprint density at radius 1 is 1.61 bits per heavy atom. The second-order valence-corrected chi connectivity index (χ2v) is 4.00. The zero-order valence-corrected chi connectivity index (χ0v) is 10.5. The topological polar surface area (TPSA) is 95.5 Å². The van der Waals surface area contributed by atoms with Crippen molar-refractivity contribution in [2.24, 2.45) is 5.73 Å². The van der Waals surface area contributed by atoms with Crippen LogP contribution in [0.5, 0.6) is 0 Å². The highest BCUT2D eigenvalue weighted by Crippen LogP contribution is 2.23. The first-order valence-corrected chi connectivity index (χ1v) is 5.68. The van der Waals surface area contributed by atoms with Gasteiger partial charge in [-0.3, -0.25) is 14.9 Å². The first-order chi connectivity index (χ1) is 8.45. The normalized spacial score (nSPS) is 11.9. The monoisotopic (exact) mass is 272 g/mol. The number of halogens is 1. The van der Waals surface area contributed by atoms with Crippen LogP contribution in [0.25, 0.3) is 0 Å². The Hall–Kier alpha value is -1.66. The molecular weight excluding hydrogens is 260 g/mol. The smallest absolute Gasteiger partial charge is 0.323 e. The summed E-state index contributed by atoms with van der Waals surface area (Å²) in [6, 6.07) is 3.13. The Bertz CT molecular complexity index is 464. The molecule has 1 atom stereocenters. The summed E-state index contributed by atoms with van der Waals surface area (Å²) in [7, 11) is 0. The Kier molecular flexibility index (Phi) is 5.06. The maximum atomic E-state index is 11.4. The van der Waals surface area contributed by atoms with E-state index in [-0.39, 0.29) is 18.7 Å². The van der Waals surface area contributed by atoms with Crippen LogP contribution in [-0.2, 0) is 16.0 Å². The molecule has 0 aliphatic heterocycles. The molecule has 0 aliphatic rings. The third kappa shape index (κ3) is 3.68. The summed E-state index contributed by atoms with van der Waals surface area (Å²) in [5.74, 6) is -0.555. The van der Waals surface area contributed by atoms with Gasteiger partial charge in [-0.25, -0.2) is 0 Å². The Balaban J connectivity index is 2.86. The van der Waals surface area contributed by atoms with Crippen molar-refractivity contribution in [3.63, 3.8) is 0 Å². The van der Waals surface area contributed by atoms with Crippen LogP contribution in [0.3, 0.4) is 0 Å². The first-order valence-electron chi connectivity index (χ1n) is 5.30. The lowest BCUT2D eigenvalue weighted by Crippen LogP contribution is -2.34. The summed E-state index contributed by atoms with van der Waals surface area (Å²) >= 11 is 5.90. The Morgan fingerprint density at radius 2 is 2.28 bits per heavy atom.